The lowest BCUT2D eigenvalue weighted by Crippen LogP contribution is -2.20. The molecule has 2 aromatic carbocycles. The Hall–Kier alpha value is -3.12. The number of hydrogen-bond acceptors (Lipinski definition) is 3. The van der Waals surface area contributed by atoms with Crippen LogP contribution >= 0.6 is 0 Å². The van der Waals surface area contributed by atoms with Crippen LogP contribution in [-0.2, 0) is 11.3 Å². The third kappa shape index (κ3) is 5.50. The summed E-state index contributed by atoms with van der Waals surface area (Å²) in [4.78, 5) is 8.40. The summed E-state index contributed by atoms with van der Waals surface area (Å²) < 4.78 is 86.4. The number of rotatable bonds is 4. The molecule has 3 nitrogen and oxygen atoms in total. The summed E-state index contributed by atoms with van der Waals surface area (Å²) in [6.07, 6.45) is 2.59. The van der Waals surface area contributed by atoms with Gasteiger partial charge in [-0.1, -0.05) is 12.8 Å². The van der Waals surface area contributed by atoms with E-state index in [4.69, 9.17) is 4.74 Å². The van der Waals surface area contributed by atoms with Crippen molar-refractivity contribution in [2.45, 2.75) is 51.5 Å². The van der Waals surface area contributed by atoms with E-state index in [0.717, 1.165) is 49.3 Å². The van der Waals surface area contributed by atoms with Crippen molar-refractivity contribution in [3.8, 4) is 23.2 Å². The van der Waals surface area contributed by atoms with E-state index in [1.54, 1.807) is 0 Å². The first-order valence-corrected chi connectivity index (χ1v) is 10.7. The monoisotopic (exact) mass is 478 g/mol. The van der Waals surface area contributed by atoms with Crippen molar-refractivity contribution in [2.75, 3.05) is 0 Å². The van der Waals surface area contributed by atoms with Gasteiger partial charge < -0.3 is 4.74 Å². The van der Waals surface area contributed by atoms with Crippen molar-refractivity contribution in [2.24, 2.45) is 5.92 Å². The van der Waals surface area contributed by atoms with Gasteiger partial charge in [0.15, 0.2) is 11.6 Å². The van der Waals surface area contributed by atoms with Gasteiger partial charge in [-0.25, -0.2) is 23.1 Å². The summed E-state index contributed by atoms with van der Waals surface area (Å²) in [6.45, 7) is 2.56. The Morgan fingerprint density at radius 3 is 2.29 bits per heavy atom. The first-order valence-electron chi connectivity index (χ1n) is 10.7. The number of halogens is 6. The molecular weight excluding hydrogens is 458 g/mol. The third-order valence-corrected chi connectivity index (χ3v) is 5.82. The minimum absolute atomic E-state index is 0.123. The Labute approximate surface area is 192 Å². The van der Waals surface area contributed by atoms with Crippen molar-refractivity contribution in [1.29, 1.82) is 0 Å². The molecule has 34 heavy (non-hydrogen) atoms. The van der Waals surface area contributed by atoms with Gasteiger partial charge in [0, 0.05) is 29.4 Å². The largest absolute Gasteiger partial charge is 0.458 e. The van der Waals surface area contributed by atoms with E-state index in [2.05, 4.69) is 16.9 Å². The van der Waals surface area contributed by atoms with Crippen molar-refractivity contribution in [3.05, 3.63) is 59.2 Å². The van der Waals surface area contributed by atoms with Crippen LogP contribution in [0.1, 0.15) is 43.7 Å². The molecule has 178 valence electrons. The summed E-state index contributed by atoms with van der Waals surface area (Å²) in [7, 11) is 0. The van der Waals surface area contributed by atoms with Gasteiger partial charge in [-0.3, -0.25) is 0 Å². The average molecular weight is 478 g/mol. The Morgan fingerprint density at radius 2 is 1.65 bits per heavy atom. The van der Waals surface area contributed by atoms with Gasteiger partial charge in [0.1, 0.15) is 11.6 Å². The number of hydrogen-bond donors (Lipinski definition) is 0. The third-order valence-electron chi connectivity index (χ3n) is 5.82. The summed E-state index contributed by atoms with van der Waals surface area (Å²) in [5.74, 6) is -0.887. The molecular formula is C25H20F6N2O. The normalized spacial score (nSPS) is 18.6. The molecule has 4 rings (SSSR count). The lowest BCUT2D eigenvalue weighted by Gasteiger charge is -2.26. The lowest BCUT2D eigenvalue weighted by atomic mass is 9.89. The van der Waals surface area contributed by atoms with Gasteiger partial charge in [0.2, 0.25) is 0 Å². The predicted octanol–water partition coefficient (Wildman–Crippen LogP) is 6.72. The minimum atomic E-state index is -4.94. The van der Waals surface area contributed by atoms with Crippen LogP contribution in [0, 0.1) is 35.2 Å². The van der Waals surface area contributed by atoms with Crippen molar-refractivity contribution < 1.29 is 31.1 Å². The predicted molar refractivity (Wildman–Crippen MR) is 114 cm³/mol. The van der Waals surface area contributed by atoms with E-state index in [1.807, 2.05) is 0 Å². The quantitative estimate of drug-likeness (QED) is 0.308. The number of aromatic nitrogens is 2. The highest BCUT2D eigenvalue weighted by Gasteiger charge is 2.24. The molecule has 1 heterocycles. The lowest BCUT2D eigenvalue weighted by molar-refractivity contribution is -0.0696. The highest BCUT2D eigenvalue weighted by Crippen LogP contribution is 2.31. The maximum absolute atomic E-state index is 14.7. The van der Waals surface area contributed by atoms with Crippen molar-refractivity contribution in [1.82, 2.24) is 9.97 Å². The second-order valence-corrected chi connectivity index (χ2v) is 8.46. The fraction of sp³-hybridized carbons (Fsp3) is 0.360. The van der Waals surface area contributed by atoms with E-state index < -0.39 is 34.6 Å². The van der Waals surface area contributed by atoms with Crippen molar-refractivity contribution >= 4 is 10.8 Å². The molecule has 0 radical (unpaired) electrons. The van der Waals surface area contributed by atoms with Crippen LogP contribution in [0.4, 0.5) is 26.3 Å². The Balaban J connectivity index is 1.57. The van der Waals surface area contributed by atoms with E-state index in [-0.39, 0.29) is 22.9 Å². The van der Waals surface area contributed by atoms with Crippen LogP contribution in [0.3, 0.4) is 0 Å². The molecule has 0 atom stereocenters. The number of alkyl halides is 3. The van der Waals surface area contributed by atoms with Crippen LogP contribution in [-0.4, -0.2) is 22.2 Å². The molecule has 0 bridgehead atoms. The zero-order valence-corrected chi connectivity index (χ0v) is 18.1. The number of benzene rings is 2. The van der Waals surface area contributed by atoms with Gasteiger partial charge in [-0.2, -0.15) is 13.2 Å². The van der Waals surface area contributed by atoms with Gasteiger partial charge in [-0.15, -0.1) is 0 Å². The smallest absolute Gasteiger partial charge is 0.373 e. The summed E-state index contributed by atoms with van der Waals surface area (Å²) in [5.41, 5.74) is -0.259. The molecule has 1 aromatic heterocycles. The average Bonchev–Trinajstić information content (AvgIpc) is 2.77. The maximum Gasteiger partial charge on any atom is 0.458 e. The van der Waals surface area contributed by atoms with Crippen LogP contribution in [0.2, 0.25) is 0 Å². The second kappa shape index (κ2) is 9.63. The van der Waals surface area contributed by atoms with Crippen molar-refractivity contribution in [3.63, 3.8) is 0 Å². The molecule has 0 amide bonds. The summed E-state index contributed by atoms with van der Waals surface area (Å²) in [5, 5.41) is -0.853. The van der Waals surface area contributed by atoms with Crippen LogP contribution in [0.15, 0.2) is 30.6 Å². The van der Waals surface area contributed by atoms with Gasteiger partial charge in [0.25, 0.3) is 0 Å². The Bertz CT molecular complexity index is 1250. The molecule has 1 saturated carbocycles. The highest BCUT2D eigenvalue weighted by molar-refractivity contribution is 5.89. The zero-order chi connectivity index (χ0) is 24.5. The van der Waals surface area contributed by atoms with E-state index >= 15 is 0 Å². The minimum Gasteiger partial charge on any atom is -0.373 e. The number of nitrogens with zero attached hydrogens (tertiary/aromatic N) is 2. The van der Waals surface area contributed by atoms with Crippen LogP contribution < -0.4 is 0 Å². The zero-order valence-electron chi connectivity index (χ0n) is 18.1. The van der Waals surface area contributed by atoms with E-state index in [1.165, 1.54) is 24.4 Å². The van der Waals surface area contributed by atoms with E-state index in [9.17, 15) is 26.3 Å². The first-order chi connectivity index (χ1) is 16.1. The second-order valence-electron chi connectivity index (χ2n) is 8.46. The number of fused-ring (bicyclic) bond motifs is 1. The summed E-state index contributed by atoms with van der Waals surface area (Å²) in [6, 6.07) is 2.94. The van der Waals surface area contributed by atoms with Crippen LogP contribution in [0.5, 0.6) is 0 Å². The standard InChI is InChI=1S/C25H20F6N2O/c1-14-2-4-18(5-3-14)34-13-15-11-32-24(33-12-15)17-8-16-9-20(26)19(6-7-25(29,30)31)23(28)22(16)21(27)10-17/h8-12,14,18H,2-5,13H2,1H3. The maximum atomic E-state index is 14.7. The topological polar surface area (TPSA) is 35.0 Å². The van der Waals surface area contributed by atoms with Gasteiger partial charge in [-0.05, 0) is 55.2 Å². The van der Waals surface area contributed by atoms with Gasteiger partial charge in [0.05, 0.1) is 23.7 Å². The van der Waals surface area contributed by atoms with Crippen LogP contribution in [0.25, 0.3) is 22.2 Å². The summed E-state index contributed by atoms with van der Waals surface area (Å²) >= 11 is 0. The molecule has 0 spiro atoms. The molecule has 0 aliphatic heterocycles. The molecule has 1 aliphatic carbocycles. The molecule has 1 fully saturated rings. The Morgan fingerprint density at radius 1 is 0.971 bits per heavy atom. The fourth-order valence-electron chi connectivity index (χ4n) is 3.98. The van der Waals surface area contributed by atoms with E-state index in [0.29, 0.717) is 12.5 Å². The molecule has 9 heteroatoms. The molecule has 3 aromatic rings. The Kier molecular flexibility index (Phi) is 6.80. The fourth-order valence-corrected chi connectivity index (χ4v) is 3.98. The molecule has 1 aliphatic rings. The SMILES string of the molecule is CC1CCC(OCc2cnc(-c3cc(F)c4c(F)c(C#CC(F)(F)F)c(F)cc4c3)nc2)CC1. The molecule has 0 N–H and O–H groups in total. The number of ether oxygens (including phenoxy) is 1. The molecule has 0 saturated heterocycles. The highest BCUT2D eigenvalue weighted by atomic mass is 19.4. The first kappa shape index (κ1) is 24.0. The van der Waals surface area contributed by atoms with Gasteiger partial charge >= 0.3 is 6.18 Å². The molecule has 0 unspecified atom stereocenters.